The summed E-state index contributed by atoms with van der Waals surface area (Å²) in [6, 6.07) is 7.78. The smallest absolute Gasteiger partial charge is 0.331 e. The molecule has 1 aliphatic rings. The Bertz CT molecular complexity index is 565. The number of hydrogen-bond acceptors (Lipinski definition) is 3. The highest BCUT2D eigenvalue weighted by Crippen LogP contribution is 2.18. The van der Waals surface area contributed by atoms with Gasteiger partial charge in [0.15, 0.2) is 6.10 Å². The molecular formula is C17H20BrNO3. The van der Waals surface area contributed by atoms with Crippen molar-refractivity contribution in [2.24, 2.45) is 0 Å². The lowest BCUT2D eigenvalue weighted by atomic mass is 10.2. The number of carbonyl (C=O) groups is 2. The van der Waals surface area contributed by atoms with Crippen molar-refractivity contribution in [3.63, 3.8) is 0 Å². The molecule has 1 N–H and O–H groups in total. The van der Waals surface area contributed by atoms with Crippen LogP contribution in [-0.4, -0.2) is 24.0 Å². The van der Waals surface area contributed by atoms with Crippen molar-refractivity contribution in [1.29, 1.82) is 0 Å². The first-order valence-electron chi connectivity index (χ1n) is 7.50. The maximum absolute atomic E-state index is 11.9. The van der Waals surface area contributed by atoms with E-state index in [2.05, 4.69) is 21.2 Å². The lowest BCUT2D eigenvalue weighted by molar-refractivity contribution is -0.150. The molecule has 118 valence electrons. The van der Waals surface area contributed by atoms with E-state index in [1.54, 1.807) is 13.0 Å². The summed E-state index contributed by atoms with van der Waals surface area (Å²) in [6.45, 7) is 1.59. The first kappa shape index (κ1) is 16.7. The molecule has 0 unspecified atom stereocenters. The van der Waals surface area contributed by atoms with Gasteiger partial charge in [0.1, 0.15) is 0 Å². The number of ether oxygens (including phenoxy) is 1. The summed E-state index contributed by atoms with van der Waals surface area (Å²) in [5, 5.41) is 2.92. The Balaban J connectivity index is 1.83. The summed E-state index contributed by atoms with van der Waals surface area (Å²) < 4.78 is 6.03. The molecule has 0 heterocycles. The zero-order valence-corrected chi connectivity index (χ0v) is 14.1. The van der Waals surface area contributed by atoms with Crippen LogP contribution in [-0.2, 0) is 14.3 Å². The molecule has 2 rings (SSSR count). The number of nitrogens with one attached hydrogen (secondary N) is 1. The molecular weight excluding hydrogens is 346 g/mol. The van der Waals surface area contributed by atoms with Gasteiger partial charge < -0.3 is 10.1 Å². The zero-order chi connectivity index (χ0) is 15.9. The second kappa shape index (κ2) is 8.13. The quantitative estimate of drug-likeness (QED) is 0.642. The van der Waals surface area contributed by atoms with Crippen molar-refractivity contribution >= 4 is 33.9 Å². The maximum Gasteiger partial charge on any atom is 0.331 e. The lowest BCUT2D eigenvalue weighted by Gasteiger charge is -2.16. The number of carbonyl (C=O) groups excluding carboxylic acids is 2. The van der Waals surface area contributed by atoms with E-state index in [1.807, 2.05) is 24.3 Å². The Labute approximate surface area is 139 Å². The van der Waals surface area contributed by atoms with Gasteiger partial charge >= 0.3 is 5.97 Å². The molecule has 5 heteroatoms. The summed E-state index contributed by atoms with van der Waals surface area (Å²) in [5.41, 5.74) is 0.877. The van der Waals surface area contributed by atoms with Crippen molar-refractivity contribution < 1.29 is 14.3 Å². The van der Waals surface area contributed by atoms with Crippen LogP contribution < -0.4 is 5.32 Å². The zero-order valence-electron chi connectivity index (χ0n) is 12.5. The number of rotatable bonds is 5. The predicted octanol–water partition coefficient (Wildman–Crippen LogP) is 3.45. The van der Waals surface area contributed by atoms with E-state index >= 15 is 0 Å². The van der Waals surface area contributed by atoms with E-state index in [4.69, 9.17) is 4.74 Å². The van der Waals surface area contributed by atoms with E-state index in [0.717, 1.165) is 35.7 Å². The van der Waals surface area contributed by atoms with Crippen LogP contribution in [0.1, 0.15) is 38.2 Å². The third kappa shape index (κ3) is 4.98. The SMILES string of the molecule is C[C@H](OC(=O)/C=C/c1ccccc1Br)C(=O)NC1CCCC1. The monoisotopic (exact) mass is 365 g/mol. The van der Waals surface area contributed by atoms with Gasteiger partial charge in [-0.2, -0.15) is 0 Å². The van der Waals surface area contributed by atoms with E-state index in [0.29, 0.717) is 0 Å². The first-order chi connectivity index (χ1) is 10.6. The van der Waals surface area contributed by atoms with Gasteiger partial charge in [0.25, 0.3) is 5.91 Å². The number of amides is 1. The molecule has 0 saturated heterocycles. The fourth-order valence-electron chi connectivity index (χ4n) is 2.42. The second-order valence-electron chi connectivity index (χ2n) is 5.42. The van der Waals surface area contributed by atoms with Crippen molar-refractivity contribution in [1.82, 2.24) is 5.32 Å². The second-order valence-corrected chi connectivity index (χ2v) is 6.28. The highest BCUT2D eigenvalue weighted by atomic mass is 79.9. The molecule has 22 heavy (non-hydrogen) atoms. The molecule has 0 aliphatic heterocycles. The van der Waals surface area contributed by atoms with Gasteiger partial charge in [-0.25, -0.2) is 4.79 Å². The van der Waals surface area contributed by atoms with Crippen LogP contribution in [0.3, 0.4) is 0 Å². The van der Waals surface area contributed by atoms with Crippen molar-refractivity contribution in [2.75, 3.05) is 0 Å². The highest BCUT2D eigenvalue weighted by Gasteiger charge is 2.22. The molecule has 1 fully saturated rings. The third-order valence-corrected chi connectivity index (χ3v) is 4.39. The molecule has 4 nitrogen and oxygen atoms in total. The summed E-state index contributed by atoms with van der Waals surface area (Å²) in [6.07, 6.45) is 6.52. The van der Waals surface area contributed by atoms with Crippen LogP contribution in [0, 0.1) is 0 Å². The average molecular weight is 366 g/mol. The molecule has 1 amide bonds. The third-order valence-electron chi connectivity index (χ3n) is 3.67. The number of benzene rings is 1. The van der Waals surface area contributed by atoms with Crippen molar-refractivity contribution in [2.45, 2.75) is 44.8 Å². The fraction of sp³-hybridized carbons (Fsp3) is 0.412. The fourth-order valence-corrected chi connectivity index (χ4v) is 2.84. The van der Waals surface area contributed by atoms with Crippen LogP contribution in [0.25, 0.3) is 6.08 Å². The van der Waals surface area contributed by atoms with Gasteiger partial charge in [-0.3, -0.25) is 4.79 Å². The topological polar surface area (TPSA) is 55.4 Å². The normalized spacial score (nSPS) is 16.6. The molecule has 0 bridgehead atoms. The minimum Gasteiger partial charge on any atom is -0.449 e. The molecule has 1 aromatic rings. The van der Waals surface area contributed by atoms with Crippen LogP contribution in [0.2, 0.25) is 0 Å². The molecule has 0 aromatic heterocycles. The lowest BCUT2D eigenvalue weighted by Crippen LogP contribution is -2.40. The van der Waals surface area contributed by atoms with Crippen LogP contribution in [0.4, 0.5) is 0 Å². The Morgan fingerprint density at radius 1 is 1.32 bits per heavy atom. The van der Waals surface area contributed by atoms with Crippen LogP contribution >= 0.6 is 15.9 Å². The van der Waals surface area contributed by atoms with Gasteiger partial charge in [-0.1, -0.05) is 47.0 Å². The molecule has 1 saturated carbocycles. The van der Waals surface area contributed by atoms with Gasteiger partial charge in [0.2, 0.25) is 0 Å². The van der Waals surface area contributed by atoms with E-state index in [-0.39, 0.29) is 11.9 Å². The minimum atomic E-state index is -0.781. The van der Waals surface area contributed by atoms with Gasteiger partial charge in [-0.15, -0.1) is 0 Å². The standard InChI is InChI=1S/C17H20BrNO3/c1-12(17(21)19-14-7-3-4-8-14)22-16(20)11-10-13-6-2-5-9-15(13)18/h2,5-6,9-12,14H,3-4,7-8H2,1H3,(H,19,21)/b11-10+/t12-/m0/s1. The average Bonchev–Trinajstić information content (AvgIpc) is 2.99. The Morgan fingerprint density at radius 2 is 2.00 bits per heavy atom. The summed E-state index contributed by atoms with van der Waals surface area (Å²) in [7, 11) is 0. The molecule has 1 aliphatic carbocycles. The molecule has 1 atom stereocenters. The minimum absolute atomic E-state index is 0.226. The van der Waals surface area contributed by atoms with Crippen molar-refractivity contribution in [3.05, 3.63) is 40.4 Å². The van der Waals surface area contributed by atoms with Gasteiger partial charge in [0, 0.05) is 16.6 Å². The van der Waals surface area contributed by atoms with Gasteiger partial charge in [-0.05, 0) is 37.5 Å². The Hall–Kier alpha value is -1.62. The summed E-state index contributed by atoms with van der Waals surface area (Å²) in [5.74, 6) is -0.751. The largest absolute Gasteiger partial charge is 0.449 e. The summed E-state index contributed by atoms with van der Waals surface area (Å²) in [4.78, 5) is 23.7. The van der Waals surface area contributed by atoms with Crippen LogP contribution in [0.15, 0.2) is 34.8 Å². The van der Waals surface area contributed by atoms with E-state index < -0.39 is 12.1 Å². The van der Waals surface area contributed by atoms with Crippen LogP contribution in [0.5, 0.6) is 0 Å². The first-order valence-corrected chi connectivity index (χ1v) is 8.29. The predicted molar refractivity (Wildman–Crippen MR) is 89.1 cm³/mol. The molecule has 0 spiro atoms. The molecule has 0 radical (unpaired) electrons. The maximum atomic E-state index is 11.9. The highest BCUT2D eigenvalue weighted by molar-refractivity contribution is 9.10. The number of esters is 1. The Morgan fingerprint density at radius 3 is 2.68 bits per heavy atom. The molecule has 1 aromatic carbocycles. The van der Waals surface area contributed by atoms with Crippen molar-refractivity contribution in [3.8, 4) is 0 Å². The number of hydrogen-bond donors (Lipinski definition) is 1. The van der Waals surface area contributed by atoms with E-state index in [1.165, 1.54) is 6.08 Å². The van der Waals surface area contributed by atoms with Gasteiger partial charge in [0.05, 0.1) is 0 Å². The van der Waals surface area contributed by atoms with E-state index in [9.17, 15) is 9.59 Å². The number of halogens is 1. The Kier molecular flexibility index (Phi) is 6.19. The summed E-state index contributed by atoms with van der Waals surface area (Å²) >= 11 is 3.40.